The lowest BCUT2D eigenvalue weighted by Crippen LogP contribution is -2.14. The van der Waals surface area contributed by atoms with E-state index in [1.54, 1.807) is 6.07 Å². The van der Waals surface area contributed by atoms with E-state index in [1.165, 1.54) is 6.20 Å². The molecule has 0 atom stereocenters. The number of hydrogen-bond donors (Lipinski definition) is 3. The first-order valence-corrected chi connectivity index (χ1v) is 6.77. The zero-order valence-corrected chi connectivity index (χ0v) is 10.9. The zero-order valence-electron chi connectivity index (χ0n) is 10.1. The highest BCUT2D eigenvalue weighted by Gasteiger charge is 2.20. The van der Waals surface area contributed by atoms with Gasteiger partial charge in [0.25, 0.3) is 10.0 Å². The van der Waals surface area contributed by atoms with Gasteiger partial charge in [-0.05, 0) is 31.0 Å². The van der Waals surface area contributed by atoms with Gasteiger partial charge in [0, 0.05) is 0 Å². The average Bonchev–Trinajstić information content (AvgIpc) is 2.70. The van der Waals surface area contributed by atoms with Crippen molar-refractivity contribution in [3.05, 3.63) is 35.5 Å². The molecule has 0 radical (unpaired) electrons. The van der Waals surface area contributed by atoms with Crippen molar-refractivity contribution in [2.75, 3.05) is 10.5 Å². The third kappa shape index (κ3) is 2.30. The molecular formula is C11H14N4O2S. The molecule has 0 saturated carbocycles. The molecule has 1 aromatic carbocycles. The number of nitrogen functional groups attached to an aromatic ring is 1. The summed E-state index contributed by atoms with van der Waals surface area (Å²) in [4.78, 5) is -0.0524. The highest BCUT2D eigenvalue weighted by Crippen LogP contribution is 2.22. The lowest BCUT2D eigenvalue weighted by Gasteiger charge is -2.10. The average molecular weight is 266 g/mol. The molecule has 18 heavy (non-hydrogen) atoms. The summed E-state index contributed by atoms with van der Waals surface area (Å²) >= 11 is 0. The van der Waals surface area contributed by atoms with E-state index < -0.39 is 10.0 Å². The van der Waals surface area contributed by atoms with Crippen LogP contribution in [0.5, 0.6) is 0 Å². The van der Waals surface area contributed by atoms with Crippen molar-refractivity contribution in [1.82, 2.24) is 10.2 Å². The van der Waals surface area contributed by atoms with Crippen LogP contribution in [0.25, 0.3) is 0 Å². The molecule has 0 spiro atoms. The van der Waals surface area contributed by atoms with Gasteiger partial charge in [-0.15, -0.1) is 0 Å². The second kappa shape index (κ2) is 4.34. The molecule has 0 aliphatic rings. The third-order valence-corrected chi connectivity index (χ3v) is 3.95. The Morgan fingerprint density at radius 3 is 2.67 bits per heavy atom. The quantitative estimate of drug-likeness (QED) is 0.781. The van der Waals surface area contributed by atoms with Crippen molar-refractivity contribution in [3.8, 4) is 0 Å². The number of sulfonamides is 1. The first-order valence-electron chi connectivity index (χ1n) is 5.29. The monoisotopic (exact) mass is 266 g/mol. The van der Waals surface area contributed by atoms with Gasteiger partial charge >= 0.3 is 0 Å². The maximum Gasteiger partial charge on any atom is 0.267 e. The molecule has 0 aliphatic carbocycles. The van der Waals surface area contributed by atoms with Gasteiger partial charge in [0.05, 0.1) is 11.9 Å². The highest BCUT2D eigenvalue weighted by atomic mass is 32.2. The molecule has 1 aromatic heterocycles. The second-order valence-corrected chi connectivity index (χ2v) is 5.72. The van der Waals surface area contributed by atoms with Crippen molar-refractivity contribution in [1.29, 1.82) is 0 Å². The van der Waals surface area contributed by atoms with Gasteiger partial charge in [-0.2, -0.15) is 5.10 Å². The fraction of sp³-hybridized carbons (Fsp3) is 0.182. The molecule has 96 valence electrons. The van der Waals surface area contributed by atoms with Crippen LogP contribution in [0.4, 0.5) is 11.5 Å². The normalized spacial score (nSPS) is 11.4. The lowest BCUT2D eigenvalue weighted by atomic mass is 10.1. The Kier molecular flexibility index (Phi) is 3.00. The second-order valence-electron chi connectivity index (χ2n) is 4.07. The Morgan fingerprint density at radius 1 is 1.33 bits per heavy atom. The molecule has 4 N–H and O–H groups in total. The standard InChI is InChI=1S/C11H14N4O2S/c1-7-3-4-8(2)9(5-7)15-18(16,17)10-6-13-14-11(10)12/h3-6,15H,1-2H3,(H3,12,13,14). The van der Waals surface area contributed by atoms with E-state index in [2.05, 4.69) is 14.9 Å². The number of hydrogen-bond acceptors (Lipinski definition) is 4. The van der Waals surface area contributed by atoms with Crippen LogP contribution in [0.3, 0.4) is 0 Å². The first kappa shape index (κ1) is 12.4. The molecule has 0 saturated heterocycles. The molecule has 0 unspecified atom stereocenters. The van der Waals surface area contributed by atoms with Crippen molar-refractivity contribution >= 4 is 21.5 Å². The molecule has 2 rings (SSSR count). The fourth-order valence-electron chi connectivity index (χ4n) is 1.54. The lowest BCUT2D eigenvalue weighted by molar-refractivity contribution is 0.601. The number of aryl methyl sites for hydroxylation is 2. The minimum Gasteiger partial charge on any atom is -0.383 e. The number of benzene rings is 1. The van der Waals surface area contributed by atoms with Gasteiger partial charge in [0.2, 0.25) is 0 Å². The van der Waals surface area contributed by atoms with Crippen molar-refractivity contribution < 1.29 is 8.42 Å². The van der Waals surface area contributed by atoms with E-state index in [-0.39, 0.29) is 10.7 Å². The van der Waals surface area contributed by atoms with Crippen LogP contribution < -0.4 is 10.5 Å². The third-order valence-electron chi connectivity index (χ3n) is 2.56. The number of nitrogens with zero attached hydrogens (tertiary/aromatic N) is 1. The summed E-state index contributed by atoms with van der Waals surface area (Å²) in [7, 11) is -3.71. The predicted molar refractivity (Wildman–Crippen MR) is 69.7 cm³/mol. The van der Waals surface area contributed by atoms with Crippen LogP contribution in [0, 0.1) is 13.8 Å². The van der Waals surface area contributed by atoms with Crippen LogP contribution in [0.15, 0.2) is 29.3 Å². The molecule has 0 amide bonds. The van der Waals surface area contributed by atoms with Crippen LogP contribution in [0.2, 0.25) is 0 Å². The van der Waals surface area contributed by atoms with Crippen molar-refractivity contribution in [2.24, 2.45) is 0 Å². The predicted octanol–water partition coefficient (Wildman–Crippen LogP) is 1.41. The maximum atomic E-state index is 12.1. The maximum absolute atomic E-state index is 12.1. The number of aromatic nitrogens is 2. The van der Waals surface area contributed by atoms with E-state index >= 15 is 0 Å². The summed E-state index contributed by atoms with van der Waals surface area (Å²) in [5.41, 5.74) is 7.86. The van der Waals surface area contributed by atoms with Gasteiger partial charge in [0.1, 0.15) is 10.7 Å². The topological polar surface area (TPSA) is 101 Å². The van der Waals surface area contributed by atoms with Crippen LogP contribution in [-0.4, -0.2) is 18.6 Å². The number of anilines is 2. The number of H-pyrrole nitrogens is 1. The molecule has 7 heteroatoms. The SMILES string of the molecule is Cc1ccc(C)c(NS(=O)(=O)c2cn[nH]c2N)c1. The van der Waals surface area contributed by atoms with Crippen LogP contribution in [0.1, 0.15) is 11.1 Å². The summed E-state index contributed by atoms with van der Waals surface area (Å²) in [6.45, 7) is 3.72. The van der Waals surface area contributed by atoms with Crippen LogP contribution in [-0.2, 0) is 10.0 Å². The molecule has 0 fully saturated rings. The highest BCUT2D eigenvalue weighted by molar-refractivity contribution is 7.92. The molecule has 1 heterocycles. The van der Waals surface area contributed by atoms with E-state index in [1.807, 2.05) is 26.0 Å². The first-order chi connectivity index (χ1) is 8.40. The van der Waals surface area contributed by atoms with Gasteiger partial charge < -0.3 is 5.73 Å². The summed E-state index contributed by atoms with van der Waals surface area (Å²) in [5.74, 6) is 0.0211. The molecule has 0 bridgehead atoms. The molecule has 2 aromatic rings. The van der Waals surface area contributed by atoms with Crippen molar-refractivity contribution in [2.45, 2.75) is 18.7 Å². The molecule has 6 nitrogen and oxygen atoms in total. The summed E-state index contributed by atoms with van der Waals surface area (Å²) in [6.07, 6.45) is 1.18. The minimum absolute atomic E-state index is 0.0211. The van der Waals surface area contributed by atoms with Gasteiger partial charge in [-0.3, -0.25) is 9.82 Å². The Morgan fingerprint density at radius 2 is 2.06 bits per heavy atom. The minimum atomic E-state index is -3.71. The zero-order chi connectivity index (χ0) is 13.3. The Bertz CT molecular complexity index is 676. The van der Waals surface area contributed by atoms with Crippen molar-refractivity contribution in [3.63, 3.8) is 0 Å². The van der Waals surface area contributed by atoms with E-state index in [0.29, 0.717) is 5.69 Å². The number of aromatic amines is 1. The van der Waals surface area contributed by atoms with Gasteiger partial charge in [-0.25, -0.2) is 8.42 Å². The Hall–Kier alpha value is -2.02. The number of rotatable bonds is 3. The Labute approximate surface area is 105 Å². The smallest absolute Gasteiger partial charge is 0.267 e. The van der Waals surface area contributed by atoms with E-state index in [0.717, 1.165) is 11.1 Å². The summed E-state index contributed by atoms with van der Waals surface area (Å²) in [6, 6.07) is 5.54. The van der Waals surface area contributed by atoms with E-state index in [9.17, 15) is 8.42 Å². The number of nitrogens with two attached hydrogens (primary N) is 1. The largest absolute Gasteiger partial charge is 0.383 e. The van der Waals surface area contributed by atoms with Crippen LogP contribution >= 0.6 is 0 Å². The molecule has 0 aliphatic heterocycles. The van der Waals surface area contributed by atoms with Gasteiger partial charge in [-0.1, -0.05) is 12.1 Å². The molecular weight excluding hydrogens is 252 g/mol. The summed E-state index contributed by atoms with van der Waals surface area (Å²) in [5, 5.41) is 6.00. The fourth-order valence-corrected chi connectivity index (χ4v) is 2.69. The summed E-state index contributed by atoms with van der Waals surface area (Å²) < 4.78 is 26.7. The Balaban J connectivity index is 2.40. The van der Waals surface area contributed by atoms with Gasteiger partial charge in [0.15, 0.2) is 0 Å². The number of nitrogens with one attached hydrogen (secondary N) is 2. The van der Waals surface area contributed by atoms with E-state index in [4.69, 9.17) is 5.73 Å².